The Morgan fingerprint density at radius 3 is 2.79 bits per heavy atom. The normalized spacial score (nSPS) is 26.4. The van der Waals surface area contributed by atoms with Gasteiger partial charge in [-0.25, -0.2) is 13.4 Å². The SMILES string of the molecule is CCC1CC1c1nc(S(=O)(=O)Cl)n[nH]1. The van der Waals surface area contributed by atoms with Crippen LogP contribution in [0.5, 0.6) is 0 Å². The van der Waals surface area contributed by atoms with E-state index in [0.29, 0.717) is 17.7 Å². The largest absolute Gasteiger partial charge is 0.298 e. The second kappa shape index (κ2) is 3.20. The number of nitrogens with zero attached hydrogens (tertiary/aromatic N) is 2. The van der Waals surface area contributed by atoms with Gasteiger partial charge in [-0.3, -0.25) is 5.10 Å². The van der Waals surface area contributed by atoms with Crippen molar-refractivity contribution in [2.75, 3.05) is 0 Å². The van der Waals surface area contributed by atoms with Gasteiger partial charge in [-0.15, -0.1) is 5.10 Å². The quantitative estimate of drug-likeness (QED) is 0.800. The van der Waals surface area contributed by atoms with Crippen molar-refractivity contribution in [2.24, 2.45) is 5.92 Å². The molecule has 2 rings (SSSR count). The fourth-order valence-electron chi connectivity index (χ4n) is 1.57. The number of hydrogen-bond acceptors (Lipinski definition) is 4. The van der Waals surface area contributed by atoms with E-state index in [1.807, 2.05) is 0 Å². The summed E-state index contributed by atoms with van der Waals surface area (Å²) >= 11 is 0. The van der Waals surface area contributed by atoms with Crippen molar-refractivity contribution < 1.29 is 8.42 Å². The van der Waals surface area contributed by atoms with Gasteiger partial charge in [0, 0.05) is 16.6 Å². The van der Waals surface area contributed by atoms with Crippen molar-refractivity contribution in [3.05, 3.63) is 5.82 Å². The first-order valence-electron chi connectivity index (χ1n) is 4.39. The third-order valence-electron chi connectivity index (χ3n) is 2.50. The highest BCUT2D eigenvalue weighted by Crippen LogP contribution is 2.47. The molecule has 1 heterocycles. The van der Waals surface area contributed by atoms with E-state index in [-0.39, 0.29) is 5.16 Å². The monoisotopic (exact) mass is 235 g/mol. The average Bonchev–Trinajstić information content (AvgIpc) is 2.71. The molecule has 1 fully saturated rings. The lowest BCUT2D eigenvalue weighted by Crippen LogP contribution is -1.93. The number of halogens is 1. The van der Waals surface area contributed by atoms with Crippen LogP contribution < -0.4 is 0 Å². The molecule has 1 N–H and O–H groups in total. The van der Waals surface area contributed by atoms with Crippen LogP contribution in [-0.2, 0) is 9.05 Å². The van der Waals surface area contributed by atoms with Crippen molar-refractivity contribution >= 4 is 19.7 Å². The zero-order valence-corrected chi connectivity index (χ0v) is 9.14. The molecule has 0 amide bonds. The van der Waals surface area contributed by atoms with Crippen LogP contribution in [0.1, 0.15) is 31.5 Å². The fraction of sp³-hybridized carbons (Fsp3) is 0.714. The summed E-state index contributed by atoms with van der Waals surface area (Å²) < 4.78 is 21.7. The number of hydrogen-bond donors (Lipinski definition) is 1. The first kappa shape index (κ1) is 9.92. The summed E-state index contributed by atoms with van der Waals surface area (Å²) in [6, 6.07) is 0. The van der Waals surface area contributed by atoms with Crippen LogP contribution in [0, 0.1) is 5.92 Å². The molecule has 1 saturated carbocycles. The molecule has 1 aromatic heterocycles. The van der Waals surface area contributed by atoms with E-state index in [1.165, 1.54) is 0 Å². The molecule has 1 aliphatic carbocycles. The molecule has 2 atom stereocenters. The predicted octanol–water partition coefficient (Wildman–Crippen LogP) is 1.25. The van der Waals surface area contributed by atoms with Crippen LogP contribution in [0.15, 0.2) is 5.16 Å². The molecule has 0 aliphatic heterocycles. The molecule has 2 unspecified atom stereocenters. The van der Waals surface area contributed by atoms with Crippen LogP contribution >= 0.6 is 10.7 Å². The number of nitrogens with one attached hydrogen (secondary N) is 1. The van der Waals surface area contributed by atoms with Gasteiger partial charge in [0.1, 0.15) is 5.82 Å². The van der Waals surface area contributed by atoms with E-state index < -0.39 is 9.05 Å². The Morgan fingerprint density at radius 2 is 2.36 bits per heavy atom. The van der Waals surface area contributed by atoms with Crippen LogP contribution in [0.3, 0.4) is 0 Å². The molecule has 0 aromatic carbocycles. The molecule has 0 bridgehead atoms. The summed E-state index contributed by atoms with van der Waals surface area (Å²) in [5, 5.41) is 5.85. The van der Waals surface area contributed by atoms with E-state index in [1.54, 1.807) is 0 Å². The maximum Gasteiger partial charge on any atom is 0.298 e. The second-order valence-electron chi connectivity index (χ2n) is 3.45. The molecular weight excluding hydrogens is 226 g/mol. The Labute approximate surface area is 86.3 Å². The standard InChI is InChI=1S/C7H10ClN3O2S/c1-2-4-3-5(4)6-9-7(11-10-6)14(8,12)13/h4-5H,2-3H2,1H3,(H,9,10,11). The van der Waals surface area contributed by atoms with E-state index >= 15 is 0 Å². The van der Waals surface area contributed by atoms with Crippen molar-refractivity contribution in [3.8, 4) is 0 Å². The minimum Gasteiger partial charge on any atom is -0.262 e. The first-order valence-corrected chi connectivity index (χ1v) is 6.70. The number of aromatic amines is 1. The topological polar surface area (TPSA) is 75.7 Å². The van der Waals surface area contributed by atoms with Gasteiger partial charge in [-0.2, -0.15) is 0 Å². The molecule has 0 radical (unpaired) electrons. The van der Waals surface area contributed by atoms with Gasteiger partial charge in [0.2, 0.25) is 0 Å². The van der Waals surface area contributed by atoms with Crippen LogP contribution in [-0.4, -0.2) is 23.6 Å². The highest BCUT2D eigenvalue weighted by molar-refractivity contribution is 8.13. The Bertz CT molecular complexity index is 442. The zero-order valence-electron chi connectivity index (χ0n) is 7.57. The molecule has 78 valence electrons. The number of aromatic nitrogens is 3. The number of rotatable bonds is 3. The summed E-state index contributed by atoms with van der Waals surface area (Å²) in [5.74, 6) is 1.57. The summed E-state index contributed by atoms with van der Waals surface area (Å²) in [6.07, 6.45) is 2.13. The van der Waals surface area contributed by atoms with Gasteiger partial charge < -0.3 is 0 Å². The zero-order chi connectivity index (χ0) is 10.3. The third kappa shape index (κ3) is 1.76. The molecule has 7 heteroatoms. The molecule has 0 saturated heterocycles. The van der Waals surface area contributed by atoms with Gasteiger partial charge in [0.25, 0.3) is 14.2 Å². The summed E-state index contributed by atoms with van der Waals surface area (Å²) in [6.45, 7) is 2.10. The van der Waals surface area contributed by atoms with Crippen LogP contribution in [0.25, 0.3) is 0 Å². The lowest BCUT2D eigenvalue weighted by atomic mass is 10.2. The van der Waals surface area contributed by atoms with E-state index in [9.17, 15) is 8.42 Å². The Balaban J connectivity index is 2.20. The van der Waals surface area contributed by atoms with E-state index in [2.05, 4.69) is 22.1 Å². The Kier molecular flexibility index (Phi) is 2.27. The van der Waals surface area contributed by atoms with E-state index in [4.69, 9.17) is 10.7 Å². The molecule has 14 heavy (non-hydrogen) atoms. The van der Waals surface area contributed by atoms with Gasteiger partial charge in [-0.05, 0) is 12.3 Å². The molecule has 1 aliphatic rings. The molecule has 0 spiro atoms. The van der Waals surface area contributed by atoms with Crippen molar-refractivity contribution in [1.29, 1.82) is 0 Å². The lowest BCUT2D eigenvalue weighted by molar-refractivity contribution is 0.601. The Hall–Kier alpha value is -0.620. The van der Waals surface area contributed by atoms with Crippen molar-refractivity contribution in [3.63, 3.8) is 0 Å². The second-order valence-corrected chi connectivity index (χ2v) is 5.91. The maximum atomic E-state index is 10.9. The minimum atomic E-state index is -3.79. The summed E-state index contributed by atoms with van der Waals surface area (Å²) in [4.78, 5) is 3.86. The van der Waals surface area contributed by atoms with Gasteiger partial charge >= 0.3 is 0 Å². The number of H-pyrrole nitrogens is 1. The predicted molar refractivity (Wildman–Crippen MR) is 50.6 cm³/mol. The van der Waals surface area contributed by atoms with E-state index in [0.717, 1.165) is 12.8 Å². The lowest BCUT2D eigenvalue weighted by Gasteiger charge is -1.89. The third-order valence-corrected chi connectivity index (χ3v) is 3.53. The smallest absolute Gasteiger partial charge is 0.262 e. The molecular formula is C7H10ClN3O2S. The fourth-order valence-corrected chi connectivity index (χ4v) is 2.14. The first-order chi connectivity index (χ1) is 6.52. The highest BCUT2D eigenvalue weighted by Gasteiger charge is 2.39. The van der Waals surface area contributed by atoms with Gasteiger partial charge in [0.05, 0.1) is 0 Å². The van der Waals surface area contributed by atoms with Gasteiger partial charge in [0.15, 0.2) is 0 Å². The Morgan fingerprint density at radius 1 is 1.64 bits per heavy atom. The molecule has 1 aromatic rings. The minimum absolute atomic E-state index is 0.323. The van der Waals surface area contributed by atoms with Crippen molar-refractivity contribution in [2.45, 2.75) is 30.8 Å². The summed E-state index contributed by atoms with van der Waals surface area (Å²) in [5.41, 5.74) is 0. The van der Waals surface area contributed by atoms with Crippen LogP contribution in [0.2, 0.25) is 0 Å². The molecule has 5 nitrogen and oxygen atoms in total. The average molecular weight is 236 g/mol. The van der Waals surface area contributed by atoms with Crippen molar-refractivity contribution in [1.82, 2.24) is 15.2 Å². The summed E-state index contributed by atoms with van der Waals surface area (Å²) in [7, 11) is 1.30. The maximum absolute atomic E-state index is 10.9. The van der Waals surface area contributed by atoms with Crippen LogP contribution in [0.4, 0.5) is 0 Å². The highest BCUT2D eigenvalue weighted by atomic mass is 35.7. The van der Waals surface area contributed by atoms with Gasteiger partial charge in [-0.1, -0.05) is 13.3 Å².